The predicted octanol–water partition coefficient (Wildman–Crippen LogP) is 8.48. The minimum absolute atomic E-state index is 0.0435. The van der Waals surface area contributed by atoms with E-state index in [-0.39, 0.29) is 16.9 Å². The fraction of sp³-hybridized carbons (Fsp3) is 0.556. The molecule has 0 N–H and O–H groups in total. The number of aryl methyl sites for hydroxylation is 1. The molecule has 2 saturated carbocycles. The van der Waals surface area contributed by atoms with E-state index in [1.54, 1.807) is 6.07 Å². The lowest BCUT2D eigenvalue weighted by Gasteiger charge is -2.42. The first-order chi connectivity index (χ1) is 14.5. The zero-order valence-corrected chi connectivity index (χ0v) is 18.2. The molecule has 2 aliphatic rings. The van der Waals surface area contributed by atoms with Gasteiger partial charge in [-0.05, 0) is 98.6 Å². The van der Waals surface area contributed by atoms with E-state index in [0.717, 1.165) is 37.2 Å². The maximum absolute atomic E-state index is 15.5. The number of hydrogen-bond donors (Lipinski definition) is 0. The molecule has 0 spiro atoms. The molecule has 4 unspecified atom stereocenters. The van der Waals surface area contributed by atoms with Gasteiger partial charge < -0.3 is 0 Å². The van der Waals surface area contributed by atoms with Crippen LogP contribution in [-0.2, 0) is 6.42 Å². The van der Waals surface area contributed by atoms with Gasteiger partial charge in [-0.25, -0.2) is 13.2 Å². The maximum Gasteiger partial charge on any atom is 0.140 e. The van der Waals surface area contributed by atoms with Crippen molar-refractivity contribution < 1.29 is 13.2 Å². The van der Waals surface area contributed by atoms with Crippen molar-refractivity contribution in [3.8, 4) is 0 Å². The molecule has 0 heterocycles. The summed E-state index contributed by atoms with van der Waals surface area (Å²) in [5.41, 5.74) is 0.900. The van der Waals surface area contributed by atoms with Crippen LogP contribution in [0.2, 0.25) is 0 Å². The van der Waals surface area contributed by atoms with Gasteiger partial charge in [0, 0.05) is 5.56 Å². The summed E-state index contributed by atoms with van der Waals surface area (Å²) in [6.45, 7) is 4.20. The van der Waals surface area contributed by atoms with Gasteiger partial charge in [0.1, 0.15) is 17.5 Å². The highest BCUT2D eigenvalue weighted by atomic mass is 19.1. The van der Waals surface area contributed by atoms with Crippen molar-refractivity contribution in [3.05, 3.63) is 58.9 Å². The summed E-state index contributed by atoms with van der Waals surface area (Å²) in [4.78, 5) is 0. The average Bonchev–Trinajstić information content (AvgIpc) is 2.73. The lowest BCUT2D eigenvalue weighted by molar-refractivity contribution is 0.115. The average molecular weight is 415 g/mol. The largest absolute Gasteiger partial charge is 0.207 e. The van der Waals surface area contributed by atoms with Crippen molar-refractivity contribution in [1.29, 1.82) is 0 Å². The molecular formula is C27H33F3. The van der Waals surface area contributed by atoms with Crippen molar-refractivity contribution in [2.75, 3.05) is 0 Å². The number of benzene rings is 2. The second-order valence-corrected chi connectivity index (χ2v) is 9.49. The van der Waals surface area contributed by atoms with Crippen LogP contribution in [0.25, 0.3) is 10.8 Å². The normalized spacial score (nSPS) is 27.0. The molecule has 4 atom stereocenters. The molecule has 2 fully saturated rings. The molecular weight excluding hydrogens is 381 g/mol. The van der Waals surface area contributed by atoms with E-state index in [2.05, 4.69) is 6.92 Å². The molecule has 2 aromatic carbocycles. The van der Waals surface area contributed by atoms with Crippen molar-refractivity contribution in [2.24, 2.45) is 17.8 Å². The first-order valence-electron chi connectivity index (χ1n) is 11.7. The van der Waals surface area contributed by atoms with E-state index in [1.165, 1.54) is 37.8 Å². The minimum Gasteiger partial charge on any atom is -0.207 e. The number of halogens is 3. The van der Waals surface area contributed by atoms with Crippen LogP contribution in [0, 0.1) is 35.2 Å². The van der Waals surface area contributed by atoms with E-state index in [1.807, 2.05) is 19.1 Å². The maximum atomic E-state index is 15.5. The molecule has 0 aromatic heterocycles. The quantitative estimate of drug-likeness (QED) is 0.430. The molecule has 4 rings (SSSR count). The first-order valence-corrected chi connectivity index (χ1v) is 11.7. The zero-order valence-electron chi connectivity index (χ0n) is 18.2. The molecule has 30 heavy (non-hydrogen) atoms. The van der Waals surface area contributed by atoms with Crippen molar-refractivity contribution in [3.63, 3.8) is 0 Å². The molecule has 162 valence electrons. The third kappa shape index (κ3) is 4.18. The SMILES string of the molecule is CC=CCCc1cc(F)c2c(F)c(C3CCC4CC(CC)CCC4C3)c(F)cc2c1. The van der Waals surface area contributed by atoms with Crippen LogP contribution < -0.4 is 0 Å². The lowest BCUT2D eigenvalue weighted by atomic mass is 9.63. The molecule has 0 amide bonds. The van der Waals surface area contributed by atoms with Crippen molar-refractivity contribution >= 4 is 10.8 Å². The summed E-state index contributed by atoms with van der Waals surface area (Å²) < 4.78 is 45.4. The Morgan fingerprint density at radius 3 is 2.47 bits per heavy atom. The van der Waals surface area contributed by atoms with Gasteiger partial charge in [0.2, 0.25) is 0 Å². The Morgan fingerprint density at radius 2 is 1.70 bits per heavy atom. The Bertz CT molecular complexity index is 930. The van der Waals surface area contributed by atoms with Crippen LogP contribution in [0.4, 0.5) is 13.2 Å². The zero-order chi connectivity index (χ0) is 21.3. The number of rotatable bonds is 5. The van der Waals surface area contributed by atoms with Crippen LogP contribution in [0.15, 0.2) is 30.4 Å². The summed E-state index contributed by atoms with van der Waals surface area (Å²) in [5.74, 6) is 0.182. The standard InChI is InChI=1S/C27H33F3/c1-3-5-6-7-18-13-22-16-24(29)25(27(30)26(22)23(28)14-18)21-11-10-19-12-17(4-2)8-9-20(19)15-21/h3,5,13-14,16-17,19-21H,4,6-12,15H2,1-2H3. The lowest BCUT2D eigenvalue weighted by Crippen LogP contribution is -2.30. The van der Waals surface area contributed by atoms with Gasteiger partial charge in [-0.15, -0.1) is 0 Å². The highest BCUT2D eigenvalue weighted by Gasteiger charge is 2.37. The third-order valence-electron chi connectivity index (χ3n) is 7.72. The predicted molar refractivity (Wildman–Crippen MR) is 118 cm³/mol. The summed E-state index contributed by atoms with van der Waals surface area (Å²) in [6, 6.07) is 4.51. The molecule has 0 bridgehead atoms. The summed E-state index contributed by atoms with van der Waals surface area (Å²) in [5, 5.41) is 0.291. The van der Waals surface area contributed by atoms with Gasteiger partial charge >= 0.3 is 0 Å². The molecule has 0 saturated heterocycles. The summed E-state index contributed by atoms with van der Waals surface area (Å²) >= 11 is 0. The van der Waals surface area contributed by atoms with E-state index in [0.29, 0.717) is 23.6 Å². The van der Waals surface area contributed by atoms with Crippen molar-refractivity contribution in [1.82, 2.24) is 0 Å². The van der Waals surface area contributed by atoms with Gasteiger partial charge in [0.05, 0.1) is 5.39 Å². The van der Waals surface area contributed by atoms with E-state index in [9.17, 15) is 4.39 Å². The number of fused-ring (bicyclic) bond motifs is 2. The minimum atomic E-state index is -0.673. The molecule has 0 aliphatic heterocycles. The monoisotopic (exact) mass is 414 g/mol. The number of hydrogen-bond acceptors (Lipinski definition) is 0. The number of allylic oxidation sites excluding steroid dienone is 2. The fourth-order valence-electron chi connectivity index (χ4n) is 6.04. The van der Waals surface area contributed by atoms with E-state index < -0.39 is 17.5 Å². The molecule has 2 aromatic rings. The Kier molecular flexibility index (Phi) is 6.55. The first kappa shape index (κ1) is 21.5. The van der Waals surface area contributed by atoms with Crippen molar-refractivity contribution in [2.45, 2.75) is 77.6 Å². The Morgan fingerprint density at radius 1 is 0.933 bits per heavy atom. The van der Waals surface area contributed by atoms with E-state index >= 15 is 8.78 Å². The van der Waals surface area contributed by atoms with Crippen LogP contribution in [0.3, 0.4) is 0 Å². The van der Waals surface area contributed by atoms with Gasteiger partial charge in [0.15, 0.2) is 0 Å². The summed E-state index contributed by atoms with van der Waals surface area (Å²) in [7, 11) is 0. The van der Waals surface area contributed by atoms with Crippen LogP contribution in [0.5, 0.6) is 0 Å². The molecule has 0 radical (unpaired) electrons. The Balaban J connectivity index is 1.62. The Labute approximate surface area is 178 Å². The van der Waals surface area contributed by atoms with Crippen LogP contribution in [0.1, 0.15) is 82.3 Å². The highest BCUT2D eigenvalue weighted by Crippen LogP contribution is 2.49. The van der Waals surface area contributed by atoms with Crippen LogP contribution in [-0.4, -0.2) is 0 Å². The smallest absolute Gasteiger partial charge is 0.140 e. The summed E-state index contributed by atoms with van der Waals surface area (Å²) in [6.07, 6.45) is 13.0. The molecule has 0 nitrogen and oxygen atoms in total. The molecule has 2 aliphatic carbocycles. The van der Waals surface area contributed by atoms with Gasteiger partial charge in [-0.2, -0.15) is 0 Å². The van der Waals surface area contributed by atoms with Gasteiger partial charge in [0.25, 0.3) is 0 Å². The Hall–Kier alpha value is -1.77. The molecule has 3 heteroatoms. The second kappa shape index (κ2) is 9.16. The fourth-order valence-corrected chi connectivity index (χ4v) is 6.04. The van der Waals surface area contributed by atoms with Gasteiger partial charge in [-0.1, -0.05) is 38.0 Å². The topological polar surface area (TPSA) is 0 Å². The van der Waals surface area contributed by atoms with Crippen LogP contribution >= 0.6 is 0 Å². The highest BCUT2D eigenvalue weighted by molar-refractivity contribution is 5.85. The second-order valence-electron chi connectivity index (χ2n) is 9.49. The third-order valence-corrected chi connectivity index (χ3v) is 7.72. The van der Waals surface area contributed by atoms with E-state index in [4.69, 9.17) is 0 Å². The van der Waals surface area contributed by atoms with Gasteiger partial charge in [-0.3, -0.25) is 0 Å².